The molecule has 1 aliphatic heterocycles. The fourth-order valence-electron chi connectivity index (χ4n) is 2.77. The number of aromatic nitrogens is 1. The highest BCUT2D eigenvalue weighted by atomic mass is 79.9. The van der Waals surface area contributed by atoms with Crippen molar-refractivity contribution in [2.24, 2.45) is 10.3 Å². The summed E-state index contributed by atoms with van der Waals surface area (Å²) in [5, 5.41) is 15.8. The van der Waals surface area contributed by atoms with Crippen molar-refractivity contribution in [2.45, 2.75) is 5.66 Å². The molecule has 2 heterocycles. The summed E-state index contributed by atoms with van der Waals surface area (Å²) in [5.74, 6) is 0. The topological polar surface area (TPSA) is 44.1 Å². The largest absolute Gasteiger partial charge is 0.245 e. The Morgan fingerprint density at radius 2 is 1.62 bits per heavy atom. The Labute approximate surface area is 155 Å². The van der Waals surface area contributed by atoms with E-state index in [1.807, 2.05) is 71.1 Å². The zero-order valence-electron chi connectivity index (χ0n) is 13.0. The zero-order chi connectivity index (χ0) is 15.7. The molecule has 0 amide bonds. The Hall–Kier alpha value is -2.09. The van der Waals surface area contributed by atoms with Gasteiger partial charge in [-0.3, -0.25) is 0 Å². The first kappa shape index (κ1) is 16.8. The maximum Gasteiger partial charge on any atom is 0.231 e. The summed E-state index contributed by atoms with van der Waals surface area (Å²) in [5.41, 5.74) is 1.28. The van der Waals surface area contributed by atoms with Crippen LogP contribution in [0.1, 0.15) is 10.6 Å². The molecule has 0 bridgehead atoms. The van der Waals surface area contributed by atoms with E-state index < -0.39 is 5.66 Å². The molecule has 24 heavy (non-hydrogen) atoms. The molecule has 0 saturated carbocycles. The summed E-state index contributed by atoms with van der Waals surface area (Å²) in [6, 6.07) is 20.1. The van der Waals surface area contributed by atoms with Gasteiger partial charge in [-0.05, 0) is 12.1 Å². The summed E-state index contributed by atoms with van der Waals surface area (Å²) in [6.07, 6.45) is 1.80. The lowest BCUT2D eigenvalue weighted by Gasteiger charge is -2.34. The smallest absolute Gasteiger partial charge is 0.231 e. The molecule has 1 aromatic heterocycles. The maximum atomic E-state index is 4.64. The Bertz CT molecular complexity index is 810. The first-order valence-electron chi connectivity index (χ1n) is 7.29. The molecule has 0 fully saturated rings. The van der Waals surface area contributed by atoms with Crippen molar-refractivity contribution >= 4 is 34.0 Å². The zero-order valence-corrected chi connectivity index (χ0v) is 15.5. The SMILES string of the molecule is Br.CN1N(c2ccccc2)N=NC1(c1ccccc1)c1nccs1. The lowest BCUT2D eigenvalue weighted by molar-refractivity contribution is 0.193. The van der Waals surface area contributed by atoms with Crippen molar-refractivity contribution in [1.29, 1.82) is 0 Å². The van der Waals surface area contributed by atoms with E-state index in [4.69, 9.17) is 0 Å². The van der Waals surface area contributed by atoms with Gasteiger partial charge in [0, 0.05) is 24.2 Å². The van der Waals surface area contributed by atoms with E-state index in [1.54, 1.807) is 17.5 Å². The number of hydrogen-bond acceptors (Lipinski definition) is 6. The summed E-state index contributed by atoms with van der Waals surface area (Å²) in [6.45, 7) is 0. The van der Waals surface area contributed by atoms with Gasteiger partial charge in [-0.15, -0.1) is 33.4 Å². The van der Waals surface area contributed by atoms with E-state index in [9.17, 15) is 0 Å². The van der Waals surface area contributed by atoms with Crippen LogP contribution in [0.25, 0.3) is 0 Å². The van der Waals surface area contributed by atoms with Crippen LogP contribution in [0.5, 0.6) is 0 Å². The van der Waals surface area contributed by atoms with Gasteiger partial charge in [0.05, 0.1) is 5.69 Å². The summed E-state index contributed by atoms with van der Waals surface area (Å²) in [7, 11) is 1.99. The third-order valence-corrected chi connectivity index (χ3v) is 4.79. The first-order chi connectivity index (χ1) is 11.3. The highest BCUT2D eigenvalue weighted by molar-refractivity contribution is 8.93. The fraction of sp³-hybridized carbons (Fsp3) is 0.118. The van der Waals surface area contributed by atoms with E-state index in [-0.39, 0.29) is 17.0 Å². The molecular weight excluding hydrogens is 386 g/mol. The fourth-order valence-corrected chi connectivity index (χ4v) is 3.60. The highest BCUT2D eigenvalue weighted by Crippen LogP contribution is 2.43. The monoisotopic (exact) mass is 401 g/mol. The van der Waals surface area contributed by atoms with E-state index in [1.165, 1.54) is 0 Å². The number of halogens is 1. The predicted molar refractivity (Wildman–Crippen MR) is 101 cm³/mol. The third kappa shape index (κ3) is 2.54. The molecule has 0 N–H and O–H groups in total. The molecule has 7 heteroatoms. The number of nitrogens with zero attached hydrogens (tertiary/aromatic N) is 5. The number of rotatable bonds is 3. The van der Waals surface area contributed by atoms with E-state index in [0.717, 1.165) is 16.3 Å². The van der Waals surface area contributed by atoms with Crippen molar-refractivity contribution in [2.75, 3.05) is 12.2 Å². The van der Waals surface area contributed by atoms with Gasteiger partial charge in [0.15, 0.2) is 0 Å². The van der Waals surface area contributed by atoms with Crippen LogP contribution >= 0.6 is 28.3 Å². The third-order valence-electron chi connectivity index (χ3n) is 3.92. The van der Waals surface area contributed by atoms with E-state index >= 15 is 0 Å². The second kappa shape index (κ2) is 6.80. The molecule has 0 radical (unpaired) electrons. The highest BCUT2D eigenvalue weighted by Gasteiger charge is 2.48. The average molecular weight is 402 g/mol. The lowest BCUT2D eigenvalue weighted by atomic mass is 10.0. The molecule has 1 unspecified atom stereocenters. The van der Waals surface area contributed by atoms with Crippen LogP contribution in [-0.2, 0) is 5.66 Å². The number of benzene rings is 2. The van der Waals surface area contributed by atoms with Crippen molar-refractivity contribution in [3.63, 3.8) is 0 Å². The maximum absolute atomic E-state index is 4.64. The summed E-state index contributed by atoms with van der Waals surface area (Å²) >= 11 is 1.58. The van der Waals surface area contributed by atoms with Gasteiger partial charge < -0.3 is 0 Å². The van der Waals surface area contributed by atoms with Crippen molar-refractivity contribution < 1.29 is 0 Å². The van der Waals surface area contributed by atoms with Crippen LogP contribution in [0.4, 0.5) is 5.69 Å². The molecule has 1 atom stereocenters. The second-order valence-corrected chi connectivity index (χ2v) is 6.11. The summed E-state index contributed by atoms with van der Waals surface area (Å²) < 4.78 is 0. The van der Waals surface area contributed by atoms with Gasteiger partial charge in [0.1, 0.15) is 5.01 Å². The summed E-state index contributed by atoms with van der Waals surface area (Å²) in [4.78, 5) is 4.52. The second-order valence-electron chi connectivity index (χ2n) is 5.21. The lowest BCUT2D eigenvalue weighted by Crippen LogP contribution is -2.46. The average Bonchev–Trinajstić information content (AvgIpc) is 3.25. The van der Waals surface area contributed by atoms with Crippen LogP contribution in [0.3, 0.4) is 0 Å². The van der Waals surface area contributed by atoms with Crippen LogP contribution in [0.2, 0.25) is 0 Å². The minimum atomic E-state index is -0.731. The van der Waals surface area contributed by atoms with E-state index in [2.05, 4.69) is 27.5 Å². The minimum absolute atomic E-state index is 0. The van der Waals surface area contributed by atoms with Crippen LogP contribution in [-0.4, -0.2) is 17.0 Å². The Kier molecular flexibility index (Phi) is 4.75. The van der Waals surface area contributed by atoms with Crippen LogP contribution < -0.4 is 5.12 Å². The molecule has 4 rings (SSSR count). The molecule has 122 valence electrons. The van der Waals surface area contributed by atoms with Gasteiger partial charge in [-0.1, -0.05) is 53.8 Å². The van der Waals surface area contributed by atoms with Crippen LogP contribution in [0, 0.1) is 0 Å². The van der Waals surface area contributed by atoms with Crippen molar-refractivity contribution in [3.8, 4) is 0 Å². The number of hydrogen-bond donors (Lipinski definition) is 0. The van der Waals surface area contributed by atoms with Crippen molar-refractivity contribution in [1.82, 2.24) is 9.99 Å². The number of thiazole rings is 1. The standard InChI is InChI=1S/C17H15N5S.BrH/c1-21-17(16-18-12-13-23-16,14-8-4-2-5-9-14)19-20-22(21)15-10-6-3-7-11-15;/h2-13H,1H3;1H. The Balaban J connectivity index is 0.00000169. The quantitative estimate of drug-likeness (QED) is 0.640. The van der Waals surface area contributed by atoms with Crippen molar-refractivity contribution in [3.05, 3.63) is 82.8 Å². The number of hydrazine groups is 1. The minimum Gasteiger partial charge on any atom is -0.245 e. The molecule has 1 aliphatic rings. The predicted octanol–water partition coefficient (Wildman–Crippen LogP) is 4.66. The Morgan fingerprint density at radius 3 is 2.25 bits per heavy atom. The molecule has 2 aromatic carbocycles. The van der Waals surface area contributed by atoms with Gasteiger partial charge in [-0.25, -0.2) is 4.98 Å². The molecule has 0 spiro atoms. The normalized spacial score (nSPS) is 20.1. The Morgan fingerprint density at radius 1 is 0.958 bits per heavy atom. The van der Waals surface area contributed by atoms with Crippen LogP contribution in [0.15, 0.2) is 82.6 Å². The van der Waals surface area contributed by atoms with E-state index in [0.29, 0.717) is 0 Å². The van der Waals surface area contributed by atoms with Gasteiger partial charge in [-0.2, -0.15) is 10.1 Å². The molecule has 5 nitrogen and oxygen atoms in total. The van der Waals surface area contributed by atoms with Gasteiger partial charge in [0.25, 0.3) is 0 Å². The number of para-hydroxylation sites is 1. The molecule has 0 aliphatic carbocycles. The molecule has 0 saturated heterocycles. The molecular formula is C17H16BrN5S. The van der Waals surface area contributed by atoms with Gasteiger partial charge >= 0.3 is 0 Å². The van der Waals surface area contributed by atoms with Gasteiger partial charge in [0.2, 0.25) is 5.66 Å². The first-order valence-corrected chi connectivity index (χ1v) is 8.17. The molecule has 3 aromatic rings. The number of anilines is 1.